The van der Waals surface area contributed by atoms with Crippen molar-refractivity contribution < 1.29 is 13.6 Å². The van der Waals surface area contributed by atoms with Crippen LogP contribution in [0.4, 0.5) is 25.8 Å². The molecule has 0 fully saturated rings. The summed E-state index contributed by atoms with van der Waals surface area (Å²) in [5.41, 5.74) is 2.74. The first-order valence-corrected chi connectivity index (χ1v) is 8.63. The predicted molar refractivity (Wildman–Crippen MR) is 100 cm³/mol. The lowest BCUT2D eigenvalue weighted by Gasteiger charge is -2.25. The molecule has 1 N–H and O–H groups in total. The highest BCUT2D eigenvalue weighted by atomic mass is 19.1. The Balaban J connectivity index is 1.64. The van der Waals surface area contributed by atoms with E-state index in [1.54, 1.807) is 6.07 Å². The fraction of sp³-hybridized carbons (Fsp3) is 0.143. The molecule has 0 spiro atoms. The van der Waals surface area contributed by atoms with Crippen LogP contribution >= 0.6 is 0 Å². The standard InChI is InChI=1S/C21H17F2N3O/c1-13-11-14-5-2-3-8-19(14)26(13)15-9-10-24-18(12-15)21(27)25-20-16(22)6-4-7-17(20)23/h2-10,12-13H,11H2,1H3,(H,25,27). The maximum Gasteiger partial charge on any atom is 0.274 e. The van der Waals surface area contributed by atoms with Crippen LogP contribution in [0.15, 0.2) is 60.8 Å². The summed E-state index contributed by atoms with van der Waals surface area (Å²) in [5.74, 6) is -2.33. The van der Waals surface area contributed by atoms with Crippen LogP contribution in [0.2, 0.25) is 0 Å². The Morgan fingerprint density at radius 1 is 1.11 bits per heavy atom. The SMILES string of the molecule is CC1Cc2ccccc2N1c1ccnc(C(=O)Nc2c(F)cccc2F)c1. The lowest BCUT2D eigenvalue weighted by Crippen LogP contribution is -2.24. The molecular weight excluding hydrogens is 348 g/mol. The topological polar surface area (TPSA) is 45.2 Å². The van der Waals surface area contributed by atoms with Gasteiger partial charge in [-0.05, 0) is 49.2 Å². The molecule has 0 saturated heterocycles. The summed E-state index contributed by atoms with van der Waals surface area (Å²) in [6.07, 6.45) is 2.43. The molecule has 27 heavy (non-hydrogen) atoms. The zero-order valence-electron chi connectivity index (χ0n) is 14.6. The van der Waals surface area contributed by atoms with E-state index in [-0.39, 0.29) is 11.7 Å². The van der Waals surface area contributed by atoms with E-state index in [4.69, 9.17) is 0 Å². The van der Waals surface area contributed by atoms with Crippen LogP contribution in [0.5, 0.6) is 0 Å². The summed E-state index contributed by atoms with van der Waals surface area (Å²) < 4.78 is 27.6. The van der Waals surface area contributed by atoms with Crippen molar-refractivity contribution in [2.24, 2.45) is 0 Å². The lowest BCUT2D eigenvalue weighted by atomic mass is 10.1. The number of hydrogen-bond acceptors (Lipinski definition) is 3. The largest absolute Gasteiger partial charge is 0.338 e. The molecule has 1 amide bonds. The predicted octanol–water partition coefficient (Wildman–Crippen LogP) is 4.69. The number of halogens is 2. The van der Waals surface area contributed by atoms with Crippen LogP contribution in [0.25, 0.3) is 0 Å². The highest BCUT2D eigenvalue weighted by molar-refractivity contribution is 6.03. The van der Waals surface area contributed by atoms with Gasteiger partial charge in [0, 0.05) is 23.6 Å². The zero-order valence-corrected chi connectivity index (χ0v) is 14.6. The first kappa shape index (κ1) is 17.1. The molecular formula is C21H17F2N3O. The third-order valence-electron chi connectivity index (χ3n) is 4.66. The second kappa shape index (κ2) is 6.79. The first-order chi connectivity index (χ1) is 13.0. The fourth-order valence-electron chi connectivity index (χ4n) is 3.45. The molecule has 2 heterocycles. The Morgan fingerprint density at radius 3 is 2.63 bits per heavy atom. The van der Waals surface area contributed by atoms with Gasteiger partial charge in [0.1, 0.15) is 23.0 Å². The summed E-state index contributed by atoms with van der Waals surface area (Å²) in [5, 5.41) is 2.27. The average Bonchev–Trinajstić information content (AvgIpc) is 3.00. The van der Waals surface area contributed by atoms with Gasteiger partial charge < -0.3 is 10.2 Å². The summed E-state index contributed by atoms with van der Waals surface area (Å²) >= 11 is 0. The molecule has 136 valence electrons. The molecule has 1 atom stereocenters. The van der Waals surface area contributed by atoms with E-state index >= 15 is 0 Å². The maximum absolute atomic E-state index is 13.8. The number of amides is 1. The van der Waals surface area contributed by atoms with Crippen molar-refractivity contribution in [1.29, 1.82) is 0 Å². The molecule has 4 rings (SSSR count). The average molecular weight is 365 g/mol. The lowest BCUT2D eigenvalue weighted by molar-refractivity contribution is 0.102. The smallest absolute Gasteiger partial charge is 0.274 e. The molecule has 6 heteroatoms. The Hall–Kier alpha value is -3.28. The number of nitrogens with one attached hydrogen (secondary N) is 1. The fourth-order valence-corrected chi connectivity index (χ4v) is 3.45. The molecule has 0 saturated carbocycles. The number of aromatic nitrogens is 1. The molecule has 1 aromatic heterocycles. The number of carbonyl (C=O) groups is 1. The number of anilines is 3. The van der Waals surface area contributed by atoms with Gasteiger partial charge in [0.15, 0.2) is 0 Å². The molecule has 1 aliphatic rings. The molecule has 1 aliphatic heterocycles. The Kier molecular flexibility index (Phi) is 4.32. The van der Waals surface area contributed by atoms with Gasteiger partial charge in [-0.1, -0.05) is 24.3 Å². The van der Waals surface area contributed by atoms with Crippen molar-refractivity contribution in [1.82, 2.24) is 4.98 Å². The van der Waals surface area contributed by atoms with E-state index in [1.165, 1.54) is 17.8 Å². The van der Waals surface area contributed by atoms with Crippen LogP contribution in [-0.4, -0.2) is 16.9 Å². The molecule has 3 aromatic rings. The van der Waals surface area contributed by atoms with Gasteiger partial charge in [-0.3, -0.25) is 9.78 Å². The number of carbonyl (C=O) groups excluding carboxylic acids is 1. The highest BCUT2D eigenvalue weighted by Crippen LogP contribution is 2.38. The van der Waals surface area contributed by atoms with Crippen molar-refractivity contribution in [3.05, 3.63) is 83.7 Å². The second-order valence-electron chi connectivity index (χ2n) is 6.50. The molecule has 1 unspecified atom stereocenters. The Morgan fingerprint density at radius 2 is 1.85 bits per heavy atom. The van der Waals surface area contributed by atoms with E-state index in [2.05, 4.69) is 28.2 Å². The number of pyridine rings is 1. The van der Waals surface area contributed by atoms with Crippen molar-refractivity contribution in [3.8, 4) is 0 Å². The van der Waals surface area contributed by atoms with Crippen molar-refractivity contribution in [3.63, 3.8) is 0 Å². The minimum Gasteiger partial charge on any atom is -0.338 e. The number of nitrogens with zero attached hydrogens (tertiary/aromatic N) is 2. The summed E-state index contributed by atoms with van der Waals surface area (Å²) in [6.45, 7) is 2.11. The van der Waals surface area contributed by atoms with Crippen LogP contribution in [0.3, 0.4) is 0 Å². The van der Waals surface area contributed by atoms with E-state index < -0.39 is 23.2 Å². The molecule has 0 aliphatic carbocycles. The number of hydrogen-bond donors (Lipinski definition) is 1. The Bertz CT molecular complexity index is 1000. The van der Waals surface area contributed by atoms with Gasteiger partial charge in [-0.15, -0.1) is 0 Å². The first-order valence-electron chi connectivity index (χ1n) is 8.63. The van der Waals surface area contributed by atoms with Crippen molar-refractivity contribution >= 4 is 23.0 Å². The summed E-state index contributed by atoms with van der Waals surface area (Å²) in [7, 11) is 0. The van der Waals surface area contributed by atoms with Crippen LogP contribution in [0, 0.1) is 11.6 Å². The van der Waals surface area contributed by atoms with Gasteiger partial charge in [-0.2, -0.15) is 0 Å². The maximum atomic E-state index is 13.8. The number of rotatable bonds is 3. The highest BCUT2D eigenvalue weighted by Gasteiger charge is 2.27. The quantitative estimate of drug-likeness (QED) is 0.732. The van der Waals surface area contributed by atoms with Crippen LogP contribution in [-0.2, 0) is 6.42 Å². The van der Waals surface area contributed by atoms with E-state index in [9.17, 15) is 13.6 Å². The van der Waals surface area contributed by atoms with E-state index in [1.807, 2.05) is 24.3 Å². The number of benzene rings is 2. The van der Waals surface area contributed by atoms with Gasteiger partial charge in [0.25, 0.3) is 5.91 Å². The molecule has 2 aromatic carbocycles. The minimum atomic E-state index is -0.832. The van der Waals surface area contributed by atoms with Gasteiger partial charge in [-0.25, -0.2) is 8.78 Å². The molecule has 0 bridgehead atoms. The van der Waals surface area contributed by atoms with Crippen LogP contribution in [0.1, 0.15) is 23.0 Å². The second-order valence-corrected chi connectivity index (χ2v) is 6.50. The van der Waals surface area contributed by atoms with E-state index in [0.29, 0.717) is 0 Å². The zero-order chi connectivity index (χ0) is 19.0. The summed E-state index contributed by atoms with van der Waals surface area (Å²) in [4.78, 5) is 18.7. The van der Waals surface area contributed by atoms with Gasteiger partial charge in [0.2, 0.25) is 0 Å². The monoisotopic (exact) mass is 365 g/mol. The van der Waals surface area contributed by atoms with Crippen LogP contribution < -0.4 is 10.2 Å². The van der Waals surface area contributed by atoms with Crippen molar-refractivity contribution in [2.75, 3.05) is 10.2 Å². The van der Waals surface area contributed by atoms with E-state index in [0.717, 1.165) is 29.9 Å². The third-order valence-corrected chi connectivity index (χ3v) is 4.66. The normalized spacial score (nSPS) is 15.5. The Labute approximate surface area is 155 Å². The van der Waals surface area contributed by atoms with Gasteiger partial charge >= 0.3 is 0 Å². The molecule has 0 radical (unpaired) electrons. The van der Waals surface area contributed by atoms with Gasteiger partial charge in [0.05, 0.1) is 0 Å². The third kappa shape index (κ3) is 3.14. The number of para-hydroxylation sites is 2. The minimum absolute atomic E-state index is 0.0896. The molecule has 4 nitrogen and oxygen atoms in total. The summed E-state index contributed by atoms with van der Waals surface area (Å²) in [6, 6.07) is 15.2. The van der Waals surface area contributed by atoms with Crippen molar-refractivity contribution in [2.45, 2.75) is 19.4 Å². The number of fused-ring (bicyclic) bond motifs is 1.